The Morgan fingerprint density at radius 1 is 0.571 bits per heavy atom. The highest BCUT2D eigenvalue weighted by atomic mass is 35.5. The normalized spacial score (nSPS) is 13.2. The predicted molar refractivity (Wildman–Crippen MR) is 290 cm³/mol. The zero-order chi connectivity index (χ0) is 53.0. The van der Waals surface area contributed by atoms with Gasteiger partial charge in [-0.1, -0.05) is 35.4 Å². The lowest BCUT2D eigenvalue weighted by molar-refractivity contribution is -0.140. The van der Waals surface area contributed by atoms with Crippen molar-refractivity contribution in [2.75, 3.05) is 61.2 Å². The van der Waals surface area contributed by atoms with Crippen LogP contribution in [0.4, 0.5) is 9.59 Å². The summed E-state index contributed by atoms with van der Waals surface area (Å²) in [6.45, 7) is 16.4. The molecular weight excluding hydrogens is 1000 g/mol. The number of carboxylic acid groups (broad SMARTS) is 2. The zero-order valence-electron chi connectivity index (χ0n) is 43.0. The lowest BCUT2D eigenvalue weighted by atomic mass is 10.2. The molecule has 2 aromatic rings. The van der Waals surface area contributed by atoms with Crippen LogP contribution in [-0.4, -0.2) is 143 Å². The van der Waals surface area contributed by atoms with Gasteiger partial charge in [0, 0.05) is 13.2 Å². The van der Waals surface area contributed by atoms with Crippen LogP contribution >= 0.6 is 59.5 Å². The van der Waals surface area contributed by atoms with E-state index in [2.05, 4.69) is 10.6 Å². The monoisotopic (exact) mass is 1080 g/mol. The third kappa shape index (κ3) is 41.1. The van der Waals surface area contributed by atoms with E-state index in [1.807, 2.05) is 63.1 Å². The first-order valence-corrected chi connectivity index (χ1v) is 27.9. The molecule has 0 aromatic heterocycles. The van der Waals surface area contributed by atoms with Gasteiger partial charge in [-0.15, -0.1) is 12.4 Å². The molecule has 402 valence electrons. The fourth-order valence-electron chi connectivity index (χ4n) is 4.71. The molecule has 1 aliphatic heterocycles. The van der Waals surface area contributed by atoms with Crippen molar-refractivity contribution in [2.24, 2.45) is 11.5 Å². The number of nitrogens with two attached hydrogens (primary N) is 2. The molecule has 1 aliphatic rings. The van der Waals surface area contributed by atoms with Crippen LogP contribution in [0.25, 0.3) is 0 Å². The van der Waals surface area contributed by atoms with Gasteiger partial charge in [0.25, 0.3) is 0 Å². The summed E-state index contributed by atoms with van der Waals surface area (Å²) in [6.07, 6.45) is 11.0. The number of thioether (sulfide) groups is 4. The second-order valence-corrected chi connectivity index (χ2v) is 21.1. The first-order chi connectivity index (χ1) is 32.3. The molecule has 70 heavy (non-hydrogen) atoms. The number of aryl methyl sites for hydroxylation is 2. The molecule has 2 amide bonds. The highest BCUT2D eigenvalue weighted by Crippen LogP contribution is 2.16. The second-order valence-electron chi connectivity index (χ2n) is 17.2. The second kappa shape index (κ2) is 41.0. The fraction of sp³-hybridized carbons (Fsp3) is 0.625. The number of rotatable bonds is 20. The van der Waals surface area contributed by atoms with E-state index in [4.69, 9.17) is 45.4 Å². The number of amides is 2. The van der Waals surface area contributed by atoms with Crippen molar-refractivity contribution < 1.29 is 62.7 Å². The van der Waals surface area contributed by atoms with Crippen LogP contribution in [0.2, 0.25) is 0 Å². The van der Waals surface area contributed by atoms with Crippen molar-refractivity contribution in [1.29, 1.82) is 0 Å². The number of esters is 2. The van der Waals surface area contributed by atoms with E-state index < -0.39 is 65.5 Å². The summed E-state index contributed by atoms with van der Waals surface area (Å²) in [5.74, 6) is 1.28. The molecule has 1 fully saturated rings. The number of hydrogen-bond donors (Lipinski definition) is 6. The number of carbonyl (C=O) groups is 6. The minimum atomic E-state index is -1.04. The quantitative estimate of drug-likeness (QED) is 0.0535. The van der Waals surface area contributed by atoms with Crippen molar-refractivity contribution in [1.82, 2.24) is 10.6 Å². The third-order valence-electron chi connectivity index (χ3n) is 8.38. The summed E-state index contributed by atoms with van der Waals surface area (Å²) in [4.78, 5) is 68.0. The number of halogens is 1. The molecule has 1 saturated heterocycles. The maximum Gasteiger partial charge on any atom is 0.408 e. The minimum Gasteiger partial charge on any atom is -0.480 e. The molecule has 17 nitrogen and oxygen atoms in total. The van der Waals surface area contributed by atoms with Crippen molar-refractivity contribution in [3.8, 4) is 11.5 Å². The molecule has 0 bridgehead atoms. The largest absolute Gasteiger partial charge is 0.480 e. The van der Waals surface area contributed by atoms with Crippen LogP contribution in [0.1, 0.15) is 91.2 Å². The first kappa shape index (κ1) is 70.7. The number of aliphatic carboxylic acids is 2. The van der Waals surface area contributed by atoms with Gasteiger partial charge in [0.1, 0.15) is 46.9 Å². The van der Waals surface area contributed by atoms with Gasteiger partial charge in [0.2, 0.25) is 0 Å². The predicted octanol–water partition coefficient (Wildman–Crippen LogP) is 8.62. The number of carboxylic acids is 2. The number of ether oxygens (including phenoxy) is 5. The Morgan fingerprint density at radius 3 is 1.24 bits per heavy atom. The van der Waals surface area contributed by atoms with Gasteiger partial charge < -0.3 is 56.0 Å². The third-order valence-corrected chi connectivity index (χ3v) is 11.0. The van der Waals surface area contributed by atoms with Crippen molar-refractivity contribution in [2.45, 2.75) is 129 Å². The molecule has 3 rings (SSSR count). The van der Waals surface area contributed by atoms with Gasteiger partial charge in [-0.25, -0.2) is 24.0 Å². The van der Waals surface area contributed by atoms with Gasteiger partial charge in [-0.2, -0.15) is 47.0 Å². The Balaban J connectivity index is -0.000000852. The van der Waals surface area contributed by atoms with Crippen LogP contribution < -0.4 is 31.6 Å². The van der Waals surface area contributed by atoms with E-state index >= 15 is 0 Å². The summed E-state index contributed by atoms with van der Waals surface area (Å²) in [6, 6.07) is 11.7. The standard InChI is InChI=1S/C17H25NO4S.C12H17NO2S.C10H19NO4S.C5H11NO2S.C4H8O.ClH/c1-12-6-8-13(9-7-12)21-15(19)14(10-11-23-5)18-16(20)22-17(2,3)4;1-9-3-5-10(6-4-9)15-12(14)11(13)7-8-16-2;1-10(2,3)15-9(14)11-7(8(12)13)5-6-16-4;1-9-3-2-4(6)5(7)8;1-2-4-5-3-1;/h6-9,14H,10-11H2,1-5H3,(H,18,20);3-6,11H,7-8,13H2,1-2H3;7H,5-6H2,1-4H3,(H,11,14)(H,12,13);4H,2-3,6H2,1H3,(H,7,8);1-4H2;1H. The van der Waals surface area contributed by atoms with Crippen LogP contribution in [-0.2, 0) is 33.4 Å². The highest BCUT2D eigenvalue weighted by Gasteiger charge is 2.26. The van der Waals surface area contributed by atoms with Crippen LogP contribution in [0.5, 0.6) is 11.5 Å². The number of hydrogen-bond acceptors (Lipinski definition) is 17. The molecule has 0 radical (unpaired) electrons. The lowest BCUT2D eigenvalue weighted by Crippen LogP contribution is -2.45. The summed E-state index contributed by atoms with van der Waals surface area (Å²) < 4.78 is 25.6. The van der Waals surface area contributed by atoms with E-state index in [9.17, 15) is 28.8 Å². The fourth-order valence-corrected chi connectivity index (χ4v) is 6.63. The Kier molecular flexibility index (Phi) is 41.4. The van der Waals surface area contributed by atoms with Gasteiger partial charge in [-0.3, -0.25) is 4.79 Å². The van der Waals surface area contributed by atoms with Gasteiger partial charge in [-0.05, 0) is 166 Å². The molecule has 22 heteroatoms. The molecule has 1 heterocycles. The average Bonchev–Trinajstić information content (AvgIpc) is 3.86. The maximum atomic E-state index is 12.3. The Bertz CT molecular complexity index is 1740. The number of benzene rings is 2. The lowest BCUT2D eigenvalue weighted by Gasteiger charge is -2.22. The van der Waals surface area contributed by atoms with E-state index in [0.717, 1.165) is 41.6 Å². The van der Waals surface area contributed by atoms with Gasteiger partial charge >= 0.3 is 36.1 Å². The van der Waals surface area contributed by atoms with E-state index in [0.29, 0.717) is 42.9 Å². The number of alkyl carbamates (subject to hydrolysis) is 2. The van der Waals surface area contributed by atoms with E-state index in [1.54, 1.807) is 101 Å². The van der Waals surface area contributed by atoms with Crippen molar-refractivity contribution >= 4 is 95.5 Å². The van der Waals surface area contributed by atoms with Crippen LogP contribution in [0.3, 0.4) is 0 Å². The SMILES string of the molecule is C1CCOC1.CSCCC(N)C(=O)O.CSCCC(N)C(=O)Oc1ccc(C)cc1.CSCCC(NC(=O)OC(C)(C)C)C(=O)O.CSCCC(NC(=O)OC(C)(C)C)C(=O)Oc1ccc(C)cc1.Cl. The van der Waals surface area contributed by atoms with E-state index in [-0.39, 0.29) is 18.4 Å². The van der Waals surface area contributed by atoms with Crippen molar-refractivity contribution in [3.63, 3.8) is 0 Å². The first-order valence-electron chi connectivity index (χ1n) is 22.3. The molecule has 0 aliphatic carbocycles. The van der Waals surface area contributed by atoms with Crippen LogP contribution in [0, 0.1) is 13.8 Å². The molecular formula is C48H81ClN4O13S4. The maximum absolute atomic E-state index is 12.3. The minimum absolute atomic E-state index is 0. The Morgan fingerprint density at radius 2 is 0.914 bits per heavy atom. The van der Waals surface area contributed by atoms with Crippen molar-refractivity contribution in [3.05, 3.63) is 59.7 Å². The molecule has 0 spiro atoms. The summed E-state index contributed by atoms with van der Waals surface area (Å²) in [7, 11) is 0. The molecule has 8 N–H and O–H groups in total. The Labute approximate surface area is 439 Å². The topological polar surface area (TPSA) is 265 Å². The molecule has 0 saturated carbocycles. The smallest absolute Gasteiger partial charge is 0.408 e. The number of carbonyl (C=O) groups excluding carboxylic acids is 4. The zero-order valence-corrected chi connectivity index (χ0v) is 47.1. The van der Waals surface area contributed by atoms with Crippen LogP contribution in [0.15, 0.2) is 48.5 Å². The van der Waals surface area contributed by atoms with Gasteiger partial charge in [0.05, 0.1) is 0 Å². The van der Waals surface area contributed by atoms with E-state index in [1.165, 1.54) is 24.6 Å². The summed E-state index contributed by atoms with van der Waals surface area (Å²) >= 11 is 6.40. The summed E-state index contributed by atoms with van der Waals surface area (Å²) in [5.41, 5.74) is 11.9. The molecule has 2 aromatic carbocycles. The molecule has 4 atom stereocenters. The average molecular weight is 1090 g/mol. The highest BCUT2D eigenvalue weighted by molar-refractivity contribution is 7.99. The Hall–Kier alpha value is -3.57. The summed E-state index contributed by atoms with van der Waals surface area (Å²) in [5, 5.41) is 22.1. The number of nitrogens with one attached hydrogen (secondary N) is 2. The molecule has 4 unspecified atom stereocenters. The van der Waals surface area contributed by atoms with Gasteiger partial charge in [0.15, 0.2) is 0 Å².